The summed E-state index contributed by atoms with van der Waals surface area (Å²) in [6.45, 7) is 4.14. The van der Waals surface area contributed by atoms with Gasteiger partial charge in [0.2, 0.25) is 5.88 Å². The van der Waals surface area contributed by atoms with Crippen molar-refractivity contribution < 1.29 is 9.47 Å². The molecule has 6 nitrogen and oxygen atoms in total. The van der Waals surface area contributed by atoms with Gasteiger partial charge in [-0.2, -0.15) is 4.98 Å². The van der Waals surface area contributed by atoms with E-state index in [0.29, 0.717) is 28.9 Å². The van der Waals surface area contributed by atoms with Crippen LogP contribution in [0.15, 0.2) is 30.6 Å². The number of benzene rings is 1. The minimum absolute atomic E-state index is 0.265. The Labute approximate surface area is 124 Å². The summed E-state index contributed by atoms with van der Waals surface area (Å²) in [6, 6.07) is 7.59. The summed E-state index contributed by atoms with van der Waals surface area (Å²) in [4.78, 5) is 8.24. The Morgan fingerprint density at radius 3 is 2.62 bits per heavy atom. The van der Waals surface area contributed by atoms with Crippen LogP contribution >= 0.6 is 0 Å². The number of rotatable bonds is 6. The molecule has 0 aliphatic heterocycles. The average molecular weight is 288 g/mol. The molecule has 0 saturated carbocycles. The van der Waals surface area contributed by atoms with E-state index in [1.54, 1.807) is 13.2 Å². The van der Waals surface area contributed by atoms with E-state index in [0.717, 1.165) is 6.42 Å². The second-order valence-corrected chi connectivity index (χ2v) is 4.65. The van der Waals surface area contributed by atoms with Gasteiger partial charge in [0.25, 0.3) is 0 Å². The van der Waals surface area contributed by atoms with Crippen molar-refractivity contribution in [2.24, 2.45) is 0 Å². The van der Waals surface area contributed by atoms with Crippen LogP contribution in [0.4, 0.5) is 11.5 Å². The monoisotopic (exact) mass is 288 g/mol. The molecule has 2 aromatic rings. The van der Waals surface area contributed by atoms with Gasteiger partial charge >= 0.3 is 0 Å². The average Bonchev–Trinajstić information content (AvgIpc) is 2.51. The normalized spacial score (nSPS) is 11.8. The number of para-hydroxylation sites is 2. The number of hydrogen-bond donors (Lipinski definition) is 2. The van der Waals surface area contributed by atoms with Gasteiger partial charge in [0, 0.05) is 6.04 Å². The molecule has 0 radical (unpaired) electrons. The zero-order valence-electron chi connectivity index (χ0n) is 12.5. The molecule has 1 aromatic carbocycles. The van der Waals surface area contributed by atoms with Crippen LogP contribution in [0.3, 0.4) is 0 Å². The summed E-state index contributed by atoms with van der Waals surface area (Å²) < 4.78 is 11.0. The summed E-state index contributed by atoms with van der Waals surface area (Å²) in [5.41, 5.74) is 6.45. The first kappa shape index (κ1) is 14.9. The van der Waals surface area contributed by atoms with Gasteiger partial charge < -0.3 is 20.5 Å². The molecule has 1 unspecified atom stereocenters. The topological polar surface area (TPSA) is 82.3 Å². The molecule has 1 heterocycles. The molecule has 0 aliphatic rings. The van der Waals surface area contributed by atoms with Gasteiger partial charge in [0.1, 0.15) is 12.0 Å². The first-order valence-electron chi connectivity index (χ1n) is 6.83. The van der Waals surface area contributed by atoms with E-state index in [4.69, 9.17) is 15.2 Å². The van der Waals surface area contributed by atoms with E-state index in [1.165, 1.54) is 6.33 Å². The van der Waals surface area contributed by atoms with E-state index in [1.807, 2.05) is 18.2 Å². The molecule has 0 spiro atoms. The third-order valence-electron chi connectivity index (χ3n) is 3.12. The predicted molar refractivity (Wildman–Crippen MR) is 82.9 cm³/mol. The van der Waals surface area contributed by atoms with Gasteiger partial charge in [-0.1, -0.05) is 19.1 Å². The van der Waals surface area contributed by atoms with Crippen molar-refractivity contribution in [1.29, 1.82) is 0 Å². The molecule has 112 valence electrons. The van der Waals surface area contributed by atoms with Gasteiger partial charge in [0.05, 0.1) is 7.11 Å². The number of anilines is 2. The number of hydrogen-bond acceptors (Lipinski definition) is 6. The fourth-order valence-electron chi connectivity index (χ4n) is 1.72. The van der Waals surface area contributed by atoms with Gasteiger partial charge in [-0.05, 0) is 25.5 Å². The van der Waals surface area contributed by atoms with Crippen molar-refractivity contribution in [2.45, 2.75) is 26.3 Å². The smallest absolute Gasteiger partial charge is 0.248 e. The van der Waals surface area contributed by atoms with Crippen molar-refractivity contribution in [3.05, 3.63) is 30.6 Å². The third-order valence-corrected chi connectivity index (χ3v) is 3.12. The Bertz CT molecular complexity index is 604. The zero-order valence-corrected chi connectivity index (χ0v) is 12.5. The zero-order chi connectivity index (χ0) is 15.2. The van der Waals surface area contributed by atoms with Gasteiger partial charge in [-0.3, -0.25) is 0 Å². The molecule has 1 atom stereocenters. The first-order valence-corrected chi connectivity index (χ1v) is 6.83. The molecule has 0 bridgehead atoms. The van der Waals surface area contributed by atoms with Crippen molar-refractivity contribution >= 4 is 11.5 Å². The summed E-state index contributed by atoms with van der Waals surface area (Å²) in [7, 11) is 1.58. The molecule has 1 aromatic heterocycles. The number of nitrogen functional groups attached to an aromatic ring is 1. The minimum atomic E-state index is 0.265. The molecular formula is C15H20N4O2. The number of nitrogens with zero attached hydrogens (tertiary/aromatic N) is 2. The lowest BCUT2D eigenvalue weighted by Crippen LogP contribution is -2.16. The second-order valence-electron chi connectivity index (χ2n) is 4.65. The largest absolute Gasteiger partial charge is 0.493 e. The maximum Gasteiger partial charge on any atom is 0.248 e. The summed E-state index contributed by atoms with van der Waals surface area (Å²) in [5, 5.41) is 3.23. The third kappa shape index (κ3) is 3.53. The molecule has 0 aliphatic carbocycles. The van der Waals surface area contributed by atoms with Gasteiger partial charge in [0.15, 0.2) is 17.3 Å². The number of methoxy groups -OCH3 is 1. The summed E-state index contributed by atoms with van der Waals surface area (Å²) in [5.74, 6) is 2.05. The van der Waals surface area contributed by atoms with E-state index >= 15 is 0 Å². The van der Waals surface area contributed by atoms with Crippen LogP contribution in [0, 0.1) is 0 Å². The highest BCUT2D eigenvalue weighted by Gasteiger charge is 2.13. The summed E-state index contributed by atoms with van der Waals surface area (Å²) in [6.07, 6.45) is 2.39. The van der Waals surface area contributed by atoms with Crippen LogP contribution in [0.2, 0.25) is 0 Å². The Kier molecular flexibility index (Phi) is 4.81. The molecule has 6 heteroatoms. The standard InChI is InChI=1S/C15H20N4O2/c1-4-10(2)19-14-13(16)15(18-9-17-14)21-12-8-6-5-7-11(12)20-3/h5-10H,4,16H2,1-3H3,(H,17,18,19). The van der Waals surface area contributed by atoms with E-state index in [9.17, 15) is 0 Å². The maximum atomic E-state index is 6.07. The maximum absolute atomic E-state index is 6.07. The number of aromatic nitrogens is 2. The molecule has 21 heavy (non-hydrogen) atoms. The lowest BCUT2D eigenvalue weighted by Gasteiger charge is -2.16. The van der Waals surface area contributed by atoms with Crippen LogP contribution in [0.25, 0.3) is 0 Å². The van der Waals surface area contributed by atoms with Crippen molar-refractivity contribution in [1.82, 2.24) is 9.97 Å². The van der Waals surface area contributed by atoms with Gasteiger partial charge in [-0.15, -0.1) is 0 Å². The van der Waals surface area contributed by atoms with Crippen LogP contribution in [0.1, 0.15) is 20.3 Å². The van der Waals surface area contributed by atoms with E-state index in [-0.39, 0.29) is 6.04 Å². The van der Waals surface area contributed by atoms with Gasteiger partial charge in [-0.25, -0.2) is 4.98 Å². The quantitative estimate of drug-likeness (QED) is 0.850. The number of nitrogens with one attached hydrogen (secondary N) is 1. The van der Waals surface area contributed by atoms with Crippen LogP contribution in [-0.4, -0.2) is 23.1 Å². The van der Waals surface area contributed by atoms with Crippen LogP contribution in [-0.2, 0) is 0 Å². The first-order chi connectivity index (χ1) is 10.2. The fourth-order valence-corrected chi connectivity index (χ4v) is 1.72. The number of ether oxygens (including phenoxy) is 2. The lowest BCUT2D eigenvalue weighted by atomic mass is 10.2. The number of nitrogens with two attached hydrogens (primary N) is 1. The molecule has 0 fully saturated rings. The predicted octanol–water partition coefficient (Wildman–Crippen LogP) is 3.07. The Hall–Kier alpha value is -2.50. The van der Waals surface area contributed by atoms with Crippen LogP contribution in [0.5, 0.6) is 17.4 Å². The SMILES string of the molecule is CCC(C)Nc1ncnc(Oc2ccccc2OC)c1N. The van der Waals surface area contributed by atoms with E-state index in [2.05, 4.69) is 29.1 Å². The van der Waals surface area contributed by atoms with Crippen molar-refractivity contribution in [3.8, 4) is 17.4 Å². The molecule has 3 N–H and O–H groups in total. The molecular weight excluding hydrogens is 268 g/mol. The second kappa shape index (κ2) is 6.78. The van der Waals surface area contributed by atoms with Crippen molar-refractivity contribution in [3.63, 3.8) is 0 Å². The highest BCUT2D eigenvalue weighted by atomic mass is 16.5. The van der Waals surface area contributed by atoms with Crippen molar-refractivity contribution in [2.75, 3.05) is 18.2 Å². The Morgan fingerprint density at radius 2 is 1.95 bits per heavy atom. The summed E-state index contributed by atoms with van der Waals surface area (Å²) >= 11 is 0. The highest BCUT2D eigenvalue weighted by molar-refractivity contribution is 5.67. The molecule has 0 saturated heterocycles. The minimum Gasteiger partial charge on any atom is -0.493 e. The Morgan fingerprint density at radius 1 is 1.24 bits per heavy atom. The van der Waals surface area contributed by atoms with E-state index < -0.39 is 0 Å². The van der Waals surface area contributed by atoms with Crippen LogP contribution < -0.4 is 20.5 Å². The highest BCUT2D eigenvalue weighted by Crippen LogP contribution is 2.34. The molecule has 0 amide bonds. The molecule has 2 rings (SSSR count). The lowest BCUT2D eigenvalue weighted by molar-refractivity contribution is 0.374. The fraction of sp³-hybridized carbons (Fsp3) is 0.333. The Balaban J connectivity index is 2.26.